The zero-order valence-electron chi connectivity index (χ0n) is 17.4. The molecule has 0 spiro atoms. The third-order valence-electron chi connectivity index (χ3n) is 4.72. The van der Waals surface area contributed by atoms with Gasteiger partial charge >= 0.3 is 0 Å². The van der Waals surface area contributed by atoms with Crippen LogP contribution in [-0.2, 0) is 11.2 Å². The molecular weight excluding hydrogens is 394 g/mol. The molecule has 0 aliphatic carbocycles. The van der Waals surface area contributed by atoms with E-state index in [0.717, 1.165) is 16.7 Å². The lowest BCUT2D eigenvalue weighted by molar-refractivity contribution is -0.115. The third kappa shape index (κ3) is 4.98. The number of benzene rings is 3. The van der Waals surface area contributed by atoms with E-state index in [4.69, 9.17) is 18.6 Å². The van der Waals surface area contributed by atoms with E-state index in [9.17, 15) is 4.79 Å². The molecule has 0 fully saturated rings. The number of furan rings is 1. The van der Waals surface area contributed by atoms with Gasteiger partial charge in [-0.3, -0.25) is 4.79 Å². The van der Waals surface area contributed by atoms with Crippen molar-refractivity contribution in [1.82, 2.24) is 0 Å². The van der Waals surface area contributed by atoms with Crippen molar-refractivity contribution >= 4 is 22.6 Å². The molecule has 0 saturated heterocycles. The van der Waals surface area contributed by atoms with Gasteiger partial charge in [0.15, 0.2) is 0 Å². The highest BCUT2D eigenvalue weighted by molar-refractivity contribution is 5.95. The lowest BCUT2D eigenvalue weighted by Crippen LogP contribution is -2.14. The van der Waals surface area contributed by atoms with Crippen molar-refractivity contribution < 1.29 is 23.4 Å². The van der Waals surface area contributed by atoms with Gasteiger partial charge in [0.1, 0.15) is 28.6 Å². The zero-order chi connectivity index (χ0) is 21.6. The SMILES string of the molecule is CCOc1ccc(Oc2ccc(NC(=O)Cc3coc4cc(OC)ccc34)cc2)cc1. The van der Waals surface area contributed by atoms with E-state index in [1.165, 1.54) is 0 Å². The molecule has 0 unspecified atom stereocenters. The normalized spacial score (nSPS) is 10.6. The molecule has 3 aromatic carbocycles. The second-order valence-electron chi connectivity index (χ2n) is 6.88. The maximum atomic E-state index is 12.5. The Labute approximate surface area is 180 Å². The van der Waals surface area contributed by atoms with E-state index in [1.807, 2.05) is 55.5 Å². The maximum Gasteiger partial charge on any atom is 0.228 e. The molecule has 0 radical (unpaired) electrons. The van der Waals surface area contributed by atoms with Crippen LogP contribution in [0.25, 0.3) is 11.0 Å². The van der Waals surface area contributed by atoms with Crippen LogP contribution in [0.1, 0.15) is 12.5 Å². The summed E-state index contributed by atoms with van der Waals surface area (Å²) in [5, 5.41) is 3.80. The summed E-state index contributed by atoms with van der Waals surface area (Å²) < 4.78 is 22.0. The molecule has 0 aliphatic heterocycles. The number of ether oxygens (including phenoxy) is 3. The molecule has 1 N–H and O–H groups in total. The number of fused-ring (bicyclic) bond motifs is 1. The number of anilines is 1. The number of hydrogen-bond donors (Lipinski definition) is 1. The van der Waals surface area contributed by atoms with E-state index >= 15 is 0 Å². The van der Waals surface area contributed by atoms with Gasteiger partial charge in [-0.1, -0.05) is 0 Å². The molecule has 31 heavy (non-hydrogen) atoms. The van der Waals surface area contributed by atoms with Crippen LogP contribution in [0.5, 0.6) is 23.0 Å². The number of rotatable bonds is 8. The molecule has 4 aromatic rings. The Hall–Kier alpha value is -3.93. The molecule has 6 nitrogen and oxygen atoms in total. The van der Waals surface area contributed by atoms with Gasteiger partial charge in [0.05, 0.1) is 26.4 Å². The van der Waals surface area contributed by atoms with E-state index < -0.39 is 0 Å². The Bertz CT molecular complexity index is 1160. The second kappa shape index (κ2) is 9.26. The summed E-state index contributed by atoms with van der Waals surface area (Å²) in [5.41, 5.74) is 2.21. The predicted octanol–water partition coefficient (Wildman–Crippen LogP) is 5.81. The minimum Gasteiger partial charge on any atom is -0.497 e. The molecule has 0 bridgehead atoms. The Balaban J connectivity index is 1.36. The first-order valence-corrected chi connectivity index (χ1v) is 9.99. The first kappa shape index (κ1) is 20.3. The average Bonchev–Trinajstić information content (AvgIpc) is 3.18. The minimum absolute atomic E-state index is 0.126. The average molecular weight is 417 g/mol. The van der Waals surface area contributed by atoms with Crippen molar-refractivity contribution in [2.24, 2.45) is 0 Å². The summed E-state index contributed by atoms with van der Waals surface area (Å²) in [5.74, 6) is 2.78. The van der Waals surface area contributed by atoms with Gasteiger partial charge in [-0.2, -0.15) is 0 Å². The molecule has 4 rings (SSSR count). The zero-order valence-corrected chi connectivity index (χ0v) is 17.4. The molecule has 0 atom stereocenters. The summed E-state index contributed by atoms with van der Waals surface area (Å²) >= 11 is 0. The summed E-state index contributed by atoms with van der Waals surface area (Å²) in [4.78, 5) is 12.5. The highest BCUT2D eigenvalue weighted by Crippen LogP contribution is 2.27. The molecular formula is C25H23NO5. The van der Waals surface area contributed by atoms with Crippen LogP contribution in [0.2, 0.25) is 0 Å². The van der Waals surface area contributed by atoms with E-state index in [2.05, 4.69) is 5.32 Å². The highest BCUT2D eigenvalue weighted by Gasteiger charge is 2.12. The number of methoxy groups -OCH3 is 1. The molecule has 0 aliphatic rings. The fourth-order valence-corrected chi connectivity index (χ4v) is 3.22. The van der Waals surface area contributed by atoms with Crippen LogP contribution in [-0.4, -0.2) is 19.6 Å². The molecule has 1 amide bonds. The van der Waals surface area contributed by atoms with Gasteiger partial charge < -0.3 is 23.9 Å². The number of carbonyl (C=O) groups excluding carboxylic acids is 1. The molecule has 0 saturated carbocycles. The smallest absolute Gasteiger partial charge is 0.228 e. The third-order valence-corrected chi connectivity index (χ3v) is 4.72. The van der Waals surface area contributed by atoms with Crippen molar-refractivity contribution in [2.75, 3.05) is 19.0 Å². The van der Waals surface area contributed by atoms with Crippen LogP contribution in [0.4, 0.5) is 5.69 Å². The van der Waals surface area contributed by atoms with Crippen LogP contribution in [0.3, 0.4) is 0 Å². The Morgan fingerprint density at radius 3 is 2.23 bits per heavy atom. The molecule has 1 heterocycles. The lowest BCUT2D eigenvalue weighted by atomic mass is 10.1. The summed E-state index contributed by atoms with van der Waals surface area (Å²) in [6.07, 6.45) is 1.82. The van der Waals surface area contributed by atoms with Crippen molar-refractivity contribution in [3.05, 3.63) is 78.6 Å². The number of amides is 1. The van der Waals surface area contributed by atoms with Gasteiger partial charge in [-0.15, -0.1) is 0 Å². The molecule has 158 valence electrons. The summed E-state index contributed by atoms with van der Waals surface area (Å²) in [6, 6.07) is 20.2. The first-order chi connectivity index (χ1) is 15.1. The molecule has 1 aromatic heterocycles. The van der Waals surface area contributed by atoms with Gasteiger partial charge in [0.2, 0.25) is 5.91 Å². The number of nitrogens with one attached hydrogen (secondary N) is 1. The highest BCUT2D eigenvalue weighted by atomic mass is 16.5. The number of hydrogen-bond acceptors (Lipinski definition) is 5. The summed E-state index contributed by atoms with van der Waals surface area (Å²) in [6.45, 7) is 2.57. The van der Waals surface area contributed by atoms with Crippen molar-refractivity contribution in [3.8, 4) is 23.0 Å². The van der Waals surface area contributed by atoms with E-state index in [0.29, 0.717) is 35.1 Å². The monoisotopic (exact) mass is 417 g/mol. The lowest BCUT2D eigenvalue weighted by Gasteiger charge is -2.09. The summed E-state index contributed by atoms with van der Waals surface area (Å²) in [7, 11) is 1.60. The van der Waals surface area contributed by atoms with E-state index in [-0.39, 0.29) is 12.3 Å². The van der Waals surface area contributed by atoms with Crippen LogP contribution in [0, 0.1) is 0 Å². The van der Waals surface area contributed by atoms with Crippen LogP contribution in [0.15, 0.2) is 77.4 Å². The standard InChI is InChI=1S/C25H23NO5/c1-3-29-19-8-10-21(11-9-19)31-20-6-4-18(5-7-20)26-25(27)14-17-16-30-24-15-22(28-2)12-13-23(17)24/h4-13,15-16H,3,14H2,1-2H3,(H,26,27). The van der Waals surface area contributed by atoms with E-state index in [1.54, 1.807) is 31.6 Å². The van der Waals surface area contributed by atoms with Gasteiger partial charge in [-0.05, 0) is 67.6 Å². The quantitative estimate of drug-likeness (QED) is 0.392. The number of carbonyl (C=O) groups is 1. The Kier molecular flexibility index (Phi) is 6.08. The molecule has 6 heteroatoms. The van der Waals surface area contributed by atoms with Crippen molar-refractivity contribution in [1.29, 1.82) is 0 Å². The van der Waals surface area contributed by atoms with Gasteiger partial charge in [-0.25, -0.2) is 0 Å². The Morgan fingerprint density at radius 2 is 1.55 bits per heavy atom. The minimum atomic E-state index is -0.126. The largest absolute Gasteiger partial charge is 0.497 e. The van der Waals surface area contributed by atoms with Gasteiger partial charge in [0.25, 0.3) is 0 Å². The maximum absolute atomic E-state index is 12.5. The fourth-order valence-electron chi connectivity index (χ4n) is 3.22. The fraction of sp³-hybridized carbons (Fsp3) is 0.160. The second-order valence-corrected chi connectivity index (χ2v) is 6.88. The van der Waals surface area contributed by atoms with Gasteiger partial charge in [0, 0.05) is 22.7 Å². The Morgan fingerprint density at radius 1 is 0.903 bits per heavy atom. The predicted molar refractivity (Wildman–Crippen MR) is 119 cm³/mol. The van der Waals surface area contributed by atoms with Crippen LogP contribution < -0.4 is 19.5 Å². The van der Waals surface area contributed by atoms with Crippen LogP contribution >= 0.6 is 0 Å². The van der Waals surface area contributed by atoms with Crippen molar-refractivity contribution in [2.45, 2.75) is 13.3 Å². The van der Waals surface area contributed by atoms with Crippen molar-refractivity contribution in [3.63, 3.8) is 0 Å². The first-order valence-electron chi connectivity index (χ1n) is 9.99. The topological polar surface area (TPSA) is 69.9 Å².